The molecule has 1 aromatic carbocycles. The summed E-state index contributed by atoms with van der Waals surface area (Å²) >= 11 is 0. The van der Waals surface area contributed by atoms with Gasteiger partial charge in [-0.2, -0.15) is 0 Å². The first-order chi connectivity index (χ1) is 9.13. The van der Waals surface area contributed by atoms with Crippen molar-refractivity contribution in [3.8, 4) is 0 Å². The average Bonchev–Trinajstić information content (AvgIpc) is 2.74. The zero-order chi connectivity index (χ0) is 13.8. The number of imidazole rings is 1. The molecule has 0 aliphatic carbocycles. The van der Waals surface area contributed by atoms with Crippen LogP contribution in [0, 0.1) is 12.8 Å². The lowest BCUT2D eigenvalue weighted by molar-refractivity contribution is 0.384. The van der Waals surface area contributed by atoms with Crippen LogP contribution in [-0.4, -0.2) is 22.1 Å². The van der Waals surface area contributed by atoms with E-state index in [1.807, 2.05) is 6.07 Å². The highest BCUT2D eigenvalue weighted by Crippen LogP contribution is 2.15. The van der Waals surface area contributed by atoms with Gasteiger partial charge in [0.1, 0.15) is 5.82 Å². The fourth-order valence-corrected chi connectivity index (χ4v) is 2.44. The number of aromatic nitrogens is 2. The first-order valence-corrected chi connectivity index (χ1v) is 7.28. The van der Waals surface area contributed by atoms with E-state index in [0.717, 1.165) is 30.3 Å². The van der Waals surface area contributed by atoms with Crippen LogP contribution in [0.5, 0.6) is 0 Å². The summed E-state index contributed by atoms with van der Waals surface area (Å²) in [5.41, 5.74) is 2.33. The Morgan fingerprint density at radius 1 is 1.26 bits per heavy atom. The topological polar surface area (TPSA) is 29.9 Å². The molecule has 0 spiro atoms. The number of para-hydroxylation sites is 2. The second-order valence-electron chi connectivity index (χ2n) is 5.43. The van der Waals surface area contributed by atoms with Gasteiger partial charge >= 0.3 is 0 Å². The van der Waals surface area contributed by atoms with E-state index in [4.69, 9.17) is 0 Å². The van der Waals surface area contributed by atoms with Crippen molar-refractivity contribution in [1.82, 2.24) is 14.9 Å². The van der Waals surface area contributed by atoms with Crippen molar-refractivity contribution in [3.05, 3.63) is 30.1 Å². The van der Waals surface area contributed by atoms with Gasteiger partial charge in [-0.15, -0.1) is 0 Å². The molecule has 0 amide bonds. The number of fused-ring (bicyclic) bond motifs is 1. The van der Waals surface area contributed by atoms with E-state index in [-0.39, 0.29) is 0 Å². The summed E-state index contributed by atoms with van der Waals surface area (Å²) in [6, 6.07) is 8.92. The maximum absolute atomic E-state index is 4.60. The zero-order valence-electron chi connectivity index (χ0n) is 12.5. The Kier molecular flexibility index (Phi) is 4.59. The highest BCUT2D eigenvalue weighted by molar-refractivity contribution is 5.75. The van der Waals surface area contributed by atoms with Crippen LogP contribution in [0.3, 0.4) is 0 Å². The van der Waals surface area contributed by atoms with Crippen LogP contribution >= 0.6 is 0 Å². The molecule has 2 rings (SSSR count). The van der Waals surface area contributed by atoms with Gasteiger partial charge in [0.2, 0.25) is 0 Å². The summed E-state index contributed by atoms with van der Waals surface area (Å²) in [6.45, 7) is 10.9. The van der Waals surface area contributed by atoms with Gasteiger partial charge in [0.15, 0.2) is 0 Å². The van der Waals surface area contributed by atoms with E-state index < -0.39 is 0 Å². The first kappa shape index (κ1) is 14.1. The number of nitrogens with zero attached hydrogens (tertiary/aromatic N) is 2. The van der Waals surface area contributed by atoms with Gasteiger partial charge in [0.05, 0.1) is 11.0 Å². The minimum absolute atomic E-state index is 0.570. The van der Waals surface area contributed by atoms with E-state index in [1.165, 1.54) is 11.9 Å². The number of aryl methyl sites for hydroxylation is 1. The van der Waals surface area contributed by atoms with Crippen LogP contribution in [0.2, 0.25) is 0 Å². The Balaban J connectivity index is 2.00. The van der Waals surface area contributed by atoms with E-state index >= 15 is 0 Å². The third-order valence-corrected chi connectivity index (χ3v) is 4.14. The Bertz CT molecular complexity index is 530. The Morgan fingerprint density at radius 3 is 2.74 bits per heavy atom. The minimum atomic E-state index is 0.570. The van der Waals surface area contributed by atoms with Crippen molar-refractivity contribution in [2.24, 2.45) is 5.92 Å². The van der Waals surface area contributed by atoms with Crippen LogP contribution in [0.1, 0.15) is 33.0 Å². The van der Waals surface area contributed by atoms with Gasteiger partial charge in [-0.05, 0) is 31.9 Å². The molecular weight excluding hydrogens is 234 g/mol. The smallest absolute Gasteiger partial charge is 0.106 e. The van der Waals surface area contributed by atoms with Gasteiger partial charge in [-0.3, -0.25) is 0 Å². The van der Waals surface area contributed by atoms with Gasteiger partial charge < -0.3 is 9.88 Å². The molecule has 19 heavy (non-hydrogen) atoms. The lowest BCUT2D eigenvalue weighted by atomic mass is 10.0. The largest absolute Gasteiger partial charge is 0.327 e. The molecular formula is C16H25N3. The molecule has 1 N–H and O–H groups in total. The maximum atomic E-state index is 4.60. The zero-order valence-corrected chi connectivity index (χ0v) is 12.5. The van der Waals surface area contributed by atoms with Crippen LogP contribution in [0.15, 0.2) is 24.3 Å². The third-order valence-electron chi connectivity index (χ3n) is 4.14. The molecule has 3 nitrogen and oxygen atoms in total. The Morgan fingerprint density at radius 2 is 2.00 bits per heavy atom. The molecule has 0 saturated carbocycles. The molecule has 0 saturated heterocycles. The van der Waals surface area contributed by atoms with Crippen molar-refractivity contribution < 1.29 is 0 Å². The monoisotopic (exact) mass is 259 g/mol. The lowest BCUT2D eigenvalue weighted by Gasteiger charge is -2.20. The molecule has 0 aliphatic rings. The predicted octanol–water partition coefficient (Wildman–Crippen LogP) is 3.37. The standard InChI is InChI=1S/C16H25N3/c1-5-12(2)13(3)17-10-11-19-14(4)18-15-8-6-7-9-16(15)19/h6-9,12-13,17H,5,10-11H2,1-4H3. The highest BCUT2D eigenvalue weighted by Gasteiger charge is 2.10. The summed E-state index contributed by atoms with van der Waals surface area (Å²) in [4.78, 5) is 4.60. The van der Waals surface area contributed by atoms with Gasteiger partial charge in [-0.1, -0.05) is 32.4 Å². The van der Waals surface area contributed by atoms with Gasteiger partial charge in [0.25, 0.3) is 0 Å². The molecule has 0 aliphatic heterocycles. The number of rotatable bonds is 6. The molecule has 2 aromatic rings. The second-order valence-corrected chi connectivity index (χ2v) is 5.43. The molecule has 0 radical (unpaired) electrons. The number of nitrogens with one attached hydrogen (secondary N) is 1. The molecule has 0 fully saturated rings. The summed E-state index contributed by atoms with van der Waals surface area (Å²) in [5.74, 6) is 1.82. The third kappa shape index (κ3) is 3.16. The van der Waals surface area contributed by atoms with Gasteiger partial charge in [0, 0.05) is 19.1 Å². The van der Waals surface area contributed by atoms with Crippen molar-refractivity contribution >= 4 is 11.0 Å². The normalized spacial score (nSPS) is 14.7. The minimum Gasteiger partial charge on any atom is -0.327 e. The molecule has 1 aromatic heterocycles. The molecule has 104 valence electrons. The van der Waals surface area contributed by atoms with Crippen LogP contribution in [-0.2, 0) is 6.54 Å². The average molecular weight is 259 g/mol. The fraction of sp³-hybridized carbons (Fsp3) is 0.562. The second kappa shape index (κ2) is 6.20. The van der Waals surface area contributed by atoms with E-state index in [9.17, 15) is 0 Å². The Hall–Kier alpha value is -1.35. The number of benzene rings is 1. The van der Waals surface area contributed by atoms with E-state index in [1.54, 1.807) is 0 Å². The lowest BCUT2D eigenvalue weighted by Crippen LogP contribution is -2.34. The summed E-state index contributed by atoms with van der Waals surface area (Å²) < 4.78 is 2.30. The van der Waals surface area contributed by atoms with Crippen LogP contribution in [0.4, 0.5) is 0 Å². The molecule has 1 heterocycles. The van der Waals surface area contributed by atoms with Crippen molar-refractivity contribution in [2.75, 3.05) is 6.54 Å². The van der Waals surface area contributed by atoms with Crippen molar-refractivity contribution in [1.29, 1.82) is 0 Å². The summed E-state index contributed by atoms with van der Waals surface area (Å²) in [6.07, 6.45) is 1.22. The SMILES string of the molecule is CCC(C)C(C)NCCn1c(C)nc2ccccc21. The van der Waals surface area contributed by atoms with Crippen LogP contribution in [0.25, 0.3) is 11.0 Å². The van der Waals surface area contributed by atoms with E-state index in [2.05, 4.69) is 60.8 Å². The van der Waals surface area contributed by atoms with Crippen molar-refractivity contribution in [3.63, 3.8) is 0 Å². The predicted molar refractivity (Wildman–Crippen MR) is 81.4 cm³/mol. The van der Waals surface area contributed by atoms with Crippen molar-refractivity contribution in [2.45, 2.75) is 46.7 Å². The number of hydrogen-bond acceptors (Lipinski definition) is 2. The van der Waals surface area contributed by atoms with E-state index in [0.29, 0.717) is 6.04 Å². The fourth-order valence-electron chi connectivity index (χ4n) is 2.44. The molecule has 0 bridgehead atoms. The summed E-state index contributed by atoms with van der Waals surface area (Å²) in [5, 5.41) is 3.61. The first-order valence-electron chi connectivity index (χ1n) is 7.28. The maximum Gasteiger partial charge on any atom is 0.106 e. The number of hydrogen-bond donors (Lipinski definition) is 1. The quantitative estimate of drug-likeness (QED) is 0.862. The Labute approximate surface area is 116 Å². The van der Waals surface area contributed by atoms with Crippen LogP contribution < -0.4 is 5.32 Å². The highest BCUT2D eigenvalue weighted by atomic mass is 15.1. The van der Waals surface area contributed by atoms with Gasteiger partial charge in [-0.25, -0.2) is 4.98 Å². The molecule has 2 atom stereocenters. The summed E-state index contributed by atoms with van der Waals surface area (Å²) in [7, 11) is 0. The molecule has 2 unspecified atom stereocenters. The molecule has 3 heteroatoms.